The Morgan fingerprint density at radius 3 is 1.92 bits per heavy atom. The van der Waals surface area contributed by atoms with E-state index in [0.29, 0.717) is 11.8 Å². The van der Waals surface area contributed by atoms with E-state index in [2.05, 4.69) is 138 Å². The Hall–Kier alpha value is -3.65. The van der Waals surface area contributed by atoms with Gasteiger partial charge in [-0.15, -0.1) is 0 Å². The van der Waals surface area contributed by atoms with Crippen molar-refractivity contribution in [3.63, 3.8) is 0 Å². The molecule has 0 N–H and O–H groups in total. The molecule has 1 heterocycles. The summed E-state index contributed by atoms with van der Waals surface area (Å²) in [4.78, 5) is 4.94. The average Bonchev–Trinajstić information content (AvgIpc) is 3.36. The zero-order chi connectivity index (χ0) is 26.3. The molecule has 0 bridgehead atoms. The van der Waals surface area contributed by atoms with E-state index < -0.39 is 0 Å². The fourth-order valence-electron chi connectivity index (χ4n) is 5.39. The van der Waals surface area contributed by atoms with Crippen molar-refractivity contribution in [3.8, 4) is 28.2 Å². The Balaban J connectivity index is 1.78. The van der Waals surface area contributed by atoms with Crippen molar-refractivity contribution in [2.45, 2.75) is 65.7 Å². The first kappa shape index (κ1) is 25.0. The van der Waals surface area contributed by atoms with Crippen LogP contribution in [0.4, 0.5) is 0 Å². The maximum Gasteiger partial charge on any atom is 0.144 e. The zero-order valence-corrected chi connectivity index (χ0v) is 23.2. The van der Waals surface area contributed by atoms with Gasteiger partial charge in [0.05, 0.1) is 5.69 Å². The van der Waals surface area contributed by atoms with Crippen LogP contribution in [0.15, 0.2) is 91.3 Å². The summed E-state index contributed by atoms with van der Waals surface area (Å²) >= 11 is 0. The van der Waals surface area contributed by atoms with Gasteiger partial charge in [0.2, 0.25) is 0 Å². The third kappa shape index (κ3) is 4.73. The summed E-state index contributed by atoms with van der Waals surface area (Å²) in [6, 6.07) is 28.9. The second-order valence-corrected chi connectivity index (χ2v) is 11.8. The van der Waals surface area contributed by atoms with Crippen molar-refractivity contribution in [1.82, 2.24) is 9.55 Å². The number of fused-ring (bicyclic) bond motifs is 1. The van der Waals surface area contributed by atoms with E-state index in [-0.39, 0.29) is 5.41 Å². The minimum Gasteiger partial charge on any atom is -0.299 e. The van der Waals surface area contributed by atoms with Gasteiger partial charge in [0.15, 0.2) is 0 Å². The van der Waals surface area contributed by atoms with Gasteiger partial charge in [-0.3, -0.25) is 4.57 Å². The van der Waals surface area contributed by atoms with Crippen LogP contribution in [-0.2, 0) is 5.41 Å². The van der Waals surface area contributed by atoms with E-state index in [1.54, 1.807) is 0 Å². The Morgan fingerprint density at radius 1 is 0.676 bits per heavy atom. The summed E-state index contributed by atoms with van der Waals surface area (Å²) in [5, 5.41) is 2.57. The summed E-state index contributed by atoms with van der Waals surface area (Å²) in [6.07, 6.45) is 4.08. The fourth-order valence-corrected chi connectivity index (χ4v) is 5.39. The Bertz CT molecular complexity index is 1520. The van der Waals surface area contributed by atoms with E-state index in [0.717, 1.165) is 11.4 Å². The topological polar surface area (TPSA) is 17.8 Å². The van der Waals surface area contributed by atoms with Gasteiger partial charge < -0.3 is 0 Å². The van der Waals surface area contributed by atoms with E-state index >= 15 is 0 Å². The minimum absolute atomic E-state index is 0.0244. The molecule has 0 unspecified atom stereocenters. The van der Waals surface area contributed by atoms with Gasteiger partial charge >= 0.3 is 0 Å². The summed E-state index contributed by atoms with van der Waals surface area (Å²) in [6.45, 7) is 16.1. The van der Waals surface area contributed by atoms with Crippen molar-refractivity contribution < 1.29 is 0 Å². The van der Waals surface area contributed by atoms with Crippen molar-refractivity contribution in [1.29, 1.82) is 0 Å². The average molecular weight is 487 g/mol. The maximum absolute atomic E-state index is 4.94. The second-order valence-electron chi connectivity index (χ2n) is 11.8. The first-order chi connectivity index (χ1) is 17.6. The Kier molecular flexibility index (Phi) is 6.54. The first-order valence-corrected chi connectivity index (χ1v) is 13.5. The van der Waals surface area contributed by atoms with Crippen LogP contribution in [-0.4, -0.2) is 9.55 Å². The van der Waals surface area contributed by atoms with Gasteiger partial charge in [-0.1, -0.05) is 103 Å². The normalized spacial score (nSPS) is 12.1. The number of hydrogen-bond acceptors (Lipinski definition) is 1. The number of aromatic nitrogens is 2. The monoisotopic (exact) mass is 486 g/mol. The maximum atomic E-state index is 4.94. The molecule has 0 fully saturated rings. The lowest BCUT2D eigenvalue weighted by Gasteiger charge is -2.25. The third-order valence-corrected chi connectivity index (χ3v) is 7.33. The number of imidazole rings is 1. The smallest absolute Gasteiger partial charge is 0.144 e. The fraction of sp³-hybridized carbons (Fsp3) is 0.286. The quantitative estimate of drug-likeness (QED) is 0.242. The van der Waals surface area contributed by atoms with Crippen molar-refractivity contribution >= 4 is 10.8 Å². The summed E-state index contributed by atoms with van der Waals surface area (Å²) in [7, 11) is 0. The molecule has 1 aromatic heterocycles. The van der Waals surface area contributed by atoms with Crippen LogP contribution >= 0.6 is 0 Å². The SMILES string of the molecule is CC(C)c1cc(-c2ccccc2)cc(C(C)C)c1-n1ccnc1-c1cc(C(C)(C)C)c2ccccc2c1. The van der Waals surface area contributed by atoms with Crippen molar-refractivity contribution in [2.75, 3.05) is 0 Å². The lowest BCUT2D eigenvalue weighted by atomic mass is 9.82. The molecule has 0 atom stereocenters. The van der Waals surface area contributed by atoms with E-state index in [9.17, 15) is 0 Å². The molecule has 0 aliphatic carbocycles. The largest absolute Gasteiger partial charge is 0.299 e. The molecule has 0 aliphatic heterocycles. The lowest BCUT2D eigenvalue weighted by molar-refractivity contribution is 0.596. The molecule has 2 heteroatoms. The van der Waals surface area contributed by atoms with E-state index in [4.69, 9.17) is 4.98 Å². The molecule has 0 aliphatic rings. The highest BCUT2D eigenvalue weighted by atomic mass is 15.1. The van der Waals surface area contributed by atoms with Crippen LogP contribution in [0.25, 0.3) is 39.0 Å². The van der Waals surface area contributed by atoms with Gasteiger partial charge in [0, 0.05) is 18.0 Å². The Labute approximate surface area is 222 Å². The molecular formula is C35H38N2. The molecule has 5 aromatic rings. The van der Waals surface area contributed by atoms with E-state index in [1.165, 1.54) is 44.3 Å². The Morgan fingerprint density at radius 2 is 1.30 bits per heavy atom. The highest BCUT2D eigenvalue weighted by Crippen LogP contribution is 2.39. The molecule has 4 aromatic carbocycles. The number of hydrogen-bond donors (Lipinski definition) is 0. The van der Waals surface area contributed by atoms with Crippen LogP contribution in [0, 0.1) is 0 Å². The van der Waals surface area contributed by atoms with Crippen LogP contribution in [0.2, 0.25) is 0 Å². The number of benzene rings is 4. The highest BCUT2D eigenvalue weighted by molar-refractivity contribution is 5.90. The molecule has 37 heavy (non-hydrogen) atoms. The number of rotatable bonds is 5. The van der Waals surface area contributed by atoms with Crippen LogP contribution < -0.4 is 0 Å². The predicted molar refractivity (Wildman–Crippen MR) is 159 cm³/mol. The van der Waals surface area contributed by atoms with Gasteiger partial charge in [-0.25, -0.2) is 4.98 Å². The molecule has 2 nitrogen and oxygen atoms in total. The van der Waals surface area contributed by atoms with Crippen LogP contribution in [0.3, 0.4) is 0 Å². The van der Waals surface area contributed by atoms with Gasteiger partial charge in [-0.05, 0) is 80.1 Å². The van der Waals surface area contributed by atoms with Gasteiger partial charge in [0.25, 0.3) is 0 Å². The molecule has 5 rings (SSSR count). The summed E-state index contributed by atoms with van der Waals surface area (Å²) < 4.78 is 2.33. The second kappa shape index (κ2) is 9.67. The molecule has 0 saturated heterocycles. The van der Waals surface area contributed by atoms with Gasteiger partial charge in [-0.2, -0.15) is 0 Å². The third-order valence-electron chi connectivity index (χ3n) is 7.33. The standard InChI is InChI=1S/C35H38N2/c1-23(2)30-20-27(25-13-9-8-10-14-25)21-31(24(3)4)33(30)37-18-17-36-34(37)28-19-26-15-11-12-16-29(26)32(22-28)35(5,6)7/h8-24H,1-7H3. The van der Waals surface area contributed by atoms with Crippen LogP contribution in [0.1, 0.15) is 77.0 Å². The number of nitrogens with zero attached hydrogens (tertiary/aromatic N) is 2. The molecule has 0 amide bonds. The van der Waals surface area contributed by atoms with E-state index in [1.807, 2.05) is 6.20 Å². The lowest BCUT2D eigenvalue weighted by Crippen LogP contribution is -2.12. The molecule has 0 radical (unpaired) electrons. The summed E-state index contributed by atoms with van der Waals surface area (Å²) in [5.74, 6) is 1.73. The zero-order valence-electron chi connectivity index (χ0n) is 23.2. The molecule has 188 valence electrons. The van der Waals surface area contributed by atoms with Crippen molar-refractivity contribution in [3.05, 3.63) is 108 Å². The minimum atomic E-state index is 0.0244. The molecular weight excluding hydrogens is 448 g/mol. The molecule has 0 saturated carbocycles. The van der Waals surface area contributed by atoms with Crippen LogP contribution in [0.5, 0.6) is 0 Å². The highest BCUT2D eigenvalue weighted by Gasteiger charge is 2.23. The molecule has 0 spiro atoms. The summed E-state index contributed by atoms with van der Waals surface area (Å²) in [5.41, 5.74) is 9.03. The van der Waals surface area contributed by atoms with Crippen molar-refractivity contribution in [2.24, 2.45) is 0 Å². The van der Waals surface area contributed by atoms with Gasteiger partial charge in [0.1, 0.15) is 5.82 Å². The predicted octanol–water partition coefficient (Wildman–Crippen LogP) is 9.90. The first-order valence-electron chi connectivity index (χ1n) is 13.5.